The molecule has 1 aliphatic carbocycles. The topological polar surface area (TPSA) is 381 Å². The lowest BCUT2D eigenvalue weighted by molar-refractivity contribution is 0.00752. The van der Waals surface area contributed by atoms with Gasteiger partial charge in [-0.05, 0) is 282 Å². The lowest BCUT2D eigenvalue weighted by Gasteiger charge is -2.27. The number of anilines is 9. The van der Waals surface area contributed by atoms with Crippen LogP contribution in [0, 0.1) is 0 Å². The third-order valence-corrected chi connectivity index (χ3v) is 17.6. The Morgan fingerprint density at radius 1 is 0.325 bits per heavy atom. The number of rotatable bonds is 28. The summed E-state index contributed by atoms with van der Waals surface area (Å²) >= 11 is 0. The Kier molecular flexibility index (Phi) is 34.5. The van der Waals surface area contributed by atoms with Crippen molar-refractivity contribution in [3.63, 3.8) is 0 Å². The number of carbonyl (C=O) groups excluding carboxylic acids is 3. The van der Waals surface area contributed by atoms with E-state index in [1.54, 1.807) is 119 Å². The number of ether oxygens (including phenoxy) is 8. The number of amides is 3. The highest BCUT2D eigenvalue weighted by atomic mass is 16.6. The van der Waals surface area contributed by atoms with Gasteiger partial charge in [0.15, 0.2) is 6.73 Å². The number of fused-ring (bicyclic) bond motifs is 3. The summed E-state index contributed by atoms with van der Waals surface area (Å²) in [6, 6.07) is 83.1. The minimum absolute atomic E-state index is 0.0295. The molecule has 11 aromatic carbocycles. The first-order valence-corrected chi connectivity index (χ1v) is 38.6. The van der Waals surface area contributed by atoms with Crippen LogP contribution in [0.4, 0.5) is 65.6 Å². The van der Waals surface area contributed by atoms with Crippen molar-refractivity contribution in [2.45, 2.75) is 84.6 Å². The molecule has 19 N–H and O–H groups in total. The number of nitrogens with two attached hydrogens (primary N) is 9. The molecular formula is C93H113N13O11. The van der Waals surface area contributed by atoms with Crippen LogP contribution in [0.1, 0.15) is 80.8 Å². The zero-order valence-electron chi connectivity index (χ0n) is 67.9. The molecule has 0 heterocycles. The van der Waals surface area contributed by atoms with Crippen LogP contribution in [0.2, 0.25) is 0 Å². The number of carbonyl (C=O) groups is 3. The van der Waals surface area contributed by atoms with E-state index < -0.39 is 23.4 Å². The molecule has 24 heteroatoms. The first kappa shape index (κ1) is 88.9. The van der Waals surface area contributed by atoms with Gasteiger partial charge >= 0.3 is 18.3 Å². The van der Waals surface area contributed by atoms with E-state index in [0.29, 0.717) is 118 Å². The van der Waals surface area contributed by atoms with Gasteiger partial charge < -0.3 is 105 Å². The Hall–Kier alpha value is -13.6. The van der Waals surface area contributed by atoms with Crippen LogP contribution in [0.25, 0.3) is 11.1 Å². The average molecular weight is 1590 g/mol. The van der Waals surface area contributed by atoms with Gasteiger partial charge in [-0.15, -0.1) is 0 Å². The summed E-state index contributed by atoms with van der Waals surface area (Å²) in [6.45, 7) is 16.0. The van der Waals surface area contributed by atoms with E-state index in [2.05, 4.69) is 53.8 Å². The molecule has 0 fully saturated rings. The van der Waals surface area contributed by atoms with Gasteiger partial charge in [0.1, 0.15) is 73.0 Å². The third kappa shape index (κ3) is 32.4. The van der Waals surface area contributed by atoms with Crippen molar-refractivity contribution in [2.24, 2.45) is 0 Å². The Labute approximate surface area is 687 Å². The smallest absolute Gasteiger partial charge is 0.413 e. The average Bonchev–Trinajstić information content (AvgIpc) is 1.61. The Morgan fingerprint density at radius 3 is 0.957 bits per heavy atom. The van der Waals surface area contributed by atoms with E-state index in [1.165, 1.54) is 32.7 Å². The fourth-order valence-corrected chi connectivity index (χ4v) is 11.5. The summed E-state index contributed by atoms with van der Waals surface area (Å²) in [5.41, 5.74) is 65.5. The van der Waals surface area contributed by atoms with Crippen molar-refractivity contribution in [3.8, 4) is 39.9 Å². The van der Waals surface area contributed by atoms with Gasteiger partial charge in [-0.3, -0.25) is 4.90 Å². The molecule has 3 amide bonds. The summed E-state index contributed by atoms with van der Waals surface area (Å²) in [5, 5.41) is 3.10. The number of hydrogen-bond donors (Lipinski definition) is 10. The Morgan fingerprint density at radius 2 is 0.615 bits per heavy atom. The van der Waals surface area contributed by atoms with Gasteiger partial charge in [0, 0.05) is 70.2 Å². The van der Waals surface area contributed by atoms with Crippen LogP contribution < -0.4 is 80.6 Å². The monoisotopic (exact) mass is 1590 g/mol. The lowest BCUT2D eigenvalue weighted by atomic mass is 9.98. The summed E-state index contributed by atoms with van der Waals surface area (Å²) in [7, 11) is 1.96. The maximum atomic E-state index is 13.3. The number of nitrogens with one attached hydrogen (secondary N) is 1. The van der Waals surface area contributed by atoms with Gasteiger partial charge in [-0.25, -0.2) is 14.4 Å². The highest BCUT2D eigenvalue weighted by Crippen LogP contribution is 2.45. The fraction of sp³-hybridized carbons (Fsp3) is 0.258. The summed E-state index contributed by atoms with van der Waals surface area (Å²) in [5.74, 6) is 3.60. The van der Waals surface area contributed by atoms with Crippen molar-refractivity contribution in [1.82, 2.24) is 20.0 Å². The van der Waals surface area contributed by atoms with Gasteiger partial charge in [0.2, 0.25) is 0 Å². The molecular weight excluding hydrogens is 1480 g/mol. The van der Waals surface area contributed by atoms with E-state index in [9.17, 15) is 14.4 Å². The molecule has 0 saturated carbocycles. The van der Waals surface area contributed by atoms with Crippen molar-refractivity contribution in [1.29, 1.82) is 0 Å². The fourth-order valence-electron chi connectivity index (χ4n) is 11.5. The van der Waals surface area contributed by atoms with Crippen molar-refractivity contribution in [2.75, 3.05) is 125 Å². The largest absolute Gasteiger partial charge is 0.492 e. The van der Waals surface area contributed by atoms with E-state index in [1.807, 2.05) is 158 Å². The molecule has 1 aliphatic rings. The SMILES string of the molecule is CC(C)(C)OC(=O)N(CCOc1ccc(N)cc1)CCOc1ccc(N)cc1.CC(C)(C)OC(=O)N(COc1ccc(N)cc1)Cc1ccc(N)cc1.CNCCc1ccc(N)cc1.Nc1ccc(CCN(Cc2ccc(N)cc2)C(=O)OCC2c3ccccc3-c3ccccc32)cc1.Nc1ccc(OCCOc2ccc(N)cc2)cc1. The Bertz CT molecular complexity index is 4620. The third-order valence-electron chi connectivity index (χ3n) is 17.6. The molecule has 117 heavy (non-hydrogen) atoms. The number of hydrogen-bond acceptors (Lipinski definition) is 21. The number of nitrogens with zero attached hydrogens (tertiary/aromatic N) is 3. The van der Waals surface area contributed by atoms with Gasteiger partial charge in [-0.2, -0.15) is 0 Å². The predicted octanol–water partition coefficient (Wildman–Crippen LogP) is 16.4. The van der Waals surface area contributed by atoms with Gasteiger partial charge in [-0.1, -0.05) is 97.1 Å². The summed E-state index contributed by atoms with van der Waals surface area (Å²) < 4.78 is 45.0. The minimum atomic E-state index is -0.586. The molecule has 616 valence electrons. The Balaban J connectivity index is 0.000000190. The van der Waals surface area contributed by atoms with E-state index in [-0.39, 0.29) is 18.7 Å². The summed E-state index contributed by atoms with van der Waals surface area (Å²) in [4.78, 5) is 43.1. The highest BCUT2D eigenvalue weighted by molar-refractivity contribution is 5.79. The molecule has 0 aliphatic heterocycles. The van der Waals surface area contributed by atoms with E-state index in [0.717, 1.165) is 63.9 Å². The first-order valence-electron chi connectivity index (χ1n) is 38.6. The number of nitrogen functional groups attached to an aromatic ring is 9. The van der Waals surface area contributed by atoms with Crippen LogP contribution in [0.15, 0.2) is 267 Å². The number of likely N-dealkylation sites (N-methyl/N-ethyl adjacent to an activating group) is 1. The zero-order chi connectivity index (χ0) is 84.1. The lowest BCUT2D eigenvalue weighted by Crippen LogP contribution is -2.41. The van der Waals surface area contributed by atoms with Crippen LogP contribution in [0.3, 0.4) is 0 Å². The normalized spacial score (nSPS) is 11.1. The molecule has 11 aromatic rings. The second kappa shape index (κ2) is 45.3. The van der Waals surface area contributed by atoms with Crippen LogP contribution >= 0.6 is 0 Å². The maximum Gasteiger partial charge on any atom is 0.413 e. The molecule has 0 radical (unpaired) electrons. The molecule has 0 bridgehead atoms. The van der Waals surface area contributed by atoms with Crippen LogP contribution in [-0.2, 0) is 40.1 Å². The second-order valence-electron chi connectivity index (χ2n) is 29.5. The predicted molar refractivity (Wildman–Crippen MR) is 472 cm³/mol. The zero-order valence-corrected chi connectivity index (χ0v) is 67.9. The first-order chi connectivity index (χ1) is 56.1. The molecule has 0 atom stereocenters. The van der Waals surface area contributed by atoms with Gasteiger partial charge in [0.05, 0.1) is 19.6 Å². The quantitative estimate of drug-likeness (QED) is 0.00942. The summed E-state index contributed by atoms with van der Waals surface area (Å²) in [6.07, 6.45) is 0.601. The standard InChI is InChI=1S/C30H29N3O2.C21H29N3O4.C19H25N3O3.C14H16N2O2.C9H14N2/c31-23-13-9-21(10-14-23)17-18-33(19-22-11-15-24(32)16-12-22)30(34)35-20-29-27-7-3-1-5-25(27)26-6-2-4-8-28(26)29;1-21(2,3)28-20(25)24(12-14-26-18-8-4-16(22)5-9-18)13-15-27-19-10-6-17(23)7-11-19;1-19(2,3)25-18(23)22(12-14-4-6-15(20)7-5-14)13-24-17-10-8-16(21)9-11-17;15-11-1-5-13(6-2-11)17-9-10-18-14-7-3-12(16)4-8-14;1-11-7-6-8-2-4-9(10)5-3-8/h1-16,29H,17-20,31-32H2;4-11H,12-15,22-23H2,1-3H3;4-11H,12-13,20-21H2,1-3H3;1-8H,9-10,15-16H2;2-5,11H,6-7,10H2,1H3. The molecule has 0 unspecified atom stereocenters. The molecule has 0 aromatic heterocycles. The molecule has 24 nitrogen and oxygen atoms in total. The van der Waals surface area contributed by atoms with Crippen LogP contribution in [0.5, 0.6) is 28.7 Å². The number of benzene rings is 11. The van der Waals surface area contributed by atoms with Crippen molar-refractivity contribution in [3.05, 3.63) is 300 Å². The van der Waals surface area contributed by atoms with E-state index in [4.69, 9.17) is 89.5 Å². The van der Waals surface area contributed by atoms with Crippen molar-refractivity contribution < 1.29 is 52.3 Å². The molecule has 0 spiro atoms. The molecule has 0 saturated heterocycles. The minimum Gasteiger partial charge on any atom is -0.492 e. The maximum absolute atomic E-state index is 13.3. The molecule has 12 rings (SSSR count). The van der Waals surface area contributed by atoms with Crippen molar-refractivity contribution >= 4 is 69.5 Å². The highest BCUT2D eigenvalue weighted by Gasteiger charge is 2.31. The van der Waals surface area contributed by atoms with E-state index >= 15 is 0 Å². The van der Waals surface area contributed by atoms with Crippen LogP contribution in [-0.4, -0.2) is 117 Å². The van der Waals surface area contributed by atoms with Gasteiger partial charge in [0.25, 0.3) is 0 Å². The second-order valence-corrected chi connectivity index (χ2v) is 29.5.